The van der Waals surface area contributed by atoms with Crippen molar-refractivity contribution >= 4 is 11.7 Å². The summed E-state index contributed by atoms with van der Waals surface area (Å²) in [4.78, 5) is 13.9. The van der Waals surface area contributed by atoms with E-state index in [4.69, 9.17) is 9.47 Å². The third kappa shape index (κ3) is 4.16. The van der Waals surface area contributed by atoms with E-state index in [1.807, 2.05) is 12.2 Å². The second-order valence-corrected chi connectivity index (χ2v) is 7.01. The van der Waals surface area contributed by atoms with Crippen molar-refractivity contribution in [3.8, 4) is 5.75 Å². The number of benzene rings is 1. The Morgan fingerprint density at radius 1 is 1.18 bits per heavy atom. The average molecular weight is 395 g/mol. The molecule has 2 fully saturated rings. The standard InChI is InChI=1S/C20H20F3NO4/c21-20(22,23)28-15-7-4-13(5-8-15)14-6-9-18-17(11-14)24(19(25)27-18)12-16-3-1-2-10-26-16/h4-8,11,16,18H,1-3,9-10,12H2/t16-,18?/m0/s1. The lowest BCUT2D eigenvalue weighted by Crippen LogP contribution is -2.36. The van der Waals surface area contributed by atoms with Gasteiger partial charge in [0.15, 0.2) is 0 Å². The lowest BCUT2D eigenvalue weighted by Gasteiger charge is -2.27. The molecule has 1 aromatic rings. The Hall–Kier alpha value is -2.48. The molecule has 2 heterocycles. The molecule has 0 N–H and O–H groups in total. The lowest BCUT2D eigenvalue weighted by molar-refractivity contribution is -0.274. The maximum Gasteiger partial charge on any atom is 0.573 e. The molecule has 0 saturated carbocycles. The number of nitrogens with zero attached hydrogens (tertiary/aromatic N) is 1. The predicted octanol–water partition coefficient (Wildman–Crippen LogP) is 4.65. The summed E-state index contributed by atoms with van der Waals surface area (Å²) in [5.74, 6) is -0.270. The number of fused-ring (bicyclic) bond motifs is 1. The number of hydrogen-bond acceptors (Lipinski definition) is 4. The predicted molar refractivity (Wildman–Crippen MR) is 94.4 cm³/mol. The number of amides is 1. The number of carbonyl (C=O) groups is 1. The lowest BCUT2D eigenvalue weighted by atomic mass is 9.95. The van der Waals surface area contributed by atoms with Crippen LogP contribution in [0.5, 0.6) is 5.75 Å². The van der Waals surface area contributed by atoms with Gasteiger partial charge in [0.25, 0.3) is 0 Å². The monoisotopic (exact) mass is 395 g/mol. The van der Waals surface area contributed by atoms with Crippen molar-refractivity contribution in [2.75, 3.05) is 13.2 Å². The molecule has 1 amide bonds. The van der Waals surface area contributed by atoms with Crippen molar-refractivity contribution in [3.63, 3.8) is 0 Å². The van der Waals surface area contributed by atoms with E-state index < -0.39 is 6.36 Å². The molecule has 2 aliphatic heterocycles. The second kappa shape index (κ2) is 7.50. The third-order valence-corrected chi connectivity index (χ3v) is 5.04. The molecule has 28 heavy (non-hydrogen) atoms. The van der Waals surface area contributed by atoms with Crippen LogP contribution in [0.3, 0.4) is 0 Å². The van der Waals surface area contributed by atoms with Crippen molar-refractivity contribution in [3.05, 3.63) is 47.7 Å². The van der Waals surface area contributed by atoms with Gasteiger partial charge in [-0.05, 0) is 48.6 Å². The van der Waals surface area contributed by atoms with Gasteiger partial charge in [-0.3, -0.25) is 4.90 Å². The summed E-state index contributed by atoms with van der Waals surface area (Å²) in [7, 11) is 0. The van der Waals surface area contributed by atoms with Gasteiger partial charge in [0, 0.05) is 13.0 Å². The van der Waals surface area contributed by atoms with Gasteiger partial charge in [0.05, 0.1) is 18.3 Å². The Kier molecular flexibility index (Phi) is 5.05. The van der Waals surface area contributed by atoms with Crippen LogP contribution in [-0.2, 0) is 9.47 Å². The first kappa shape index (κ1) is 18.9. The summed E-state index contributed by atoms with van der Waals surface area (Å²) in [5, 5.41) is 0. The van der Waals surface area contributed by atoms with Gasteiger partial charge in [-0.2, -0.15) is 0 Å². The first-order valence-electron chi connectivity index (χ1n) is 9.27. The molecule has 1 aliphatic carbocycles. The van der Waals surface area contributed by atoms with E-state index in [1.165, 1.54) is 12.1 Å². The zero-order chi connectivity index (χ0) is 19.7. The molecular weight excluding hydrogens is 375 g/mol. The molecule has 0 aromatic heterocycles. The van der Waals surface area contributed by atoms with Crippen LogP contribution in [0, 0.1) is 0 Å². The minimum Gasteiger partial charge on any atom is -0.439 e. The largest absolute Gasteiger partial charge is 0.573 e. The molecule has 150 valence electrons. The Balaban J connectivity index is 1.50. The molecule has 1 unspecified atom stereocenters. The maximum absolute atomic E-state index is 12.3. The number of rotatable bonds is 4. The maximum atomic E-state index is 12.3. The molecule has 0 bridgehead atoms. The topological polar surface area (TPSA) is 48.0 Å². The van der Waals surface area contributed by atoms with Crippen molar-refractivity contribution < 1.29 is 32.2 Å². The quantitative estimate of drug-likeness (QED) is 0.745. The zero-order valence-electron chi connectivity index (χ0n) is 15.1. The molecule has 3 aliphatic rings. The minimum absolute atomic E-state index is 0.00546. The van der Waals surface area contributed by atoms with E-state index in [0.717, 1.165) is 36.1 Å². The summed E-state index contributed by atoms with van der Waals surface area (Å²) in [6.07, 6.45) is 1.89. The molecule has 0 spiro atoms. The SMILES string of the molecule is O=C1OC2CC=C(c3ccc(OC(F)(F)F)cc3)C=C2N1C[C@@H]1CCCCO1. The highest BCUT2D eigenvalue weighted by Gasteiger charge is 2.39. The van der Waals surface area contributed by atoms with Crippen molar-refractivity contribution in [1.82, 2.24) is 4.90 Å². The van der Waals surface area contributed by atoms with Gasteiger partial charge < -0.3 is 14.2 Å². The molecular formula is C20H20F3NO4. The summed E-state index contributed by atoms with van der Waals surface area (Å²) >= 11 is 0. The molecule has 1 aromatic carbocycles. The molecule has 2 saturated heterocycles. The number of hydrogen-bond donors (Lipinski definition) is 0. The van der Waals surface area contributed by atoms with Crippen LogP contribution in [-0.4, -0.2) is 42.7 Å². The van der Waals surface area contributed by atoms with Crippen LogP contribution >= 0.6 is 0 Å². The highest BCUT2D eigenvalue weighted by atomic mass is 19.4. The summed E-state index contributed by atoms with van der Waals surface area (Å²) in [6, 6.07) is 5.68. The fourth-order valence-corrected chi connectivity index (χ4v) is 3.70. The van der Waals surface area contributed by atoms with Crippen LogP contribution in [0.25, 0.3) is 5.57 Å². The van der Waals surface area contributed by atoms with Gasteiger partial charge in [-0.1, -0.05) is 18.2 Å². The van der Waals surface area contributed by atoms with Gasteiger partial charge in [0.1, 0.15) is 11.9 Å². The normalized spacial score (nSPS) is 25.0. The van der Waals surface area contributed by atoms with E-state index >= 15 is 0 Å². The van der Waals surface area contributed by atoms with Crippen molar-refractivity contribution in [1.29, 1.82) is 0 Å². The number of allylic oxidation sites excluding steroid dienone is 2. The number of halogens is 3. The van der Waals surface area contributed by atoms with Gasteiger partial charge >= 0.3 is 12.5 Å². The smallest absolute Gasteiger partial charge is 0.439 e. The molecule has 2 atom stereocenters. The molecule has 0 radical (unpaired) electrons. The first-order valence-corrected chi connectivity index (χ1v) is 9.27. The van der Waals surface area contributed by atoms with Crippen LogP contribution in [0.1, 0.15) is 31.2 Å². The fraction of sp³-hybridized carbons (Fsp3) is 0.450. The Bertz CT molecular complexity index is 795. The van der Waals surface area contributed by atoms with E-state index in [2.05, 4.69) is 4.74 Å². The van der Waals surface area contributed by atoms with E-state index in [0.29, 0.717) is 19.6 Å². The van der Waals surface area contributed by atoms with E-state index in [-0.39, 0.29) is 24.1 Å². The highest BCUT2D eigenvalue weighted by Crippen LogP contribution is 2.35. The molecule has 5 nitrogen and oxygen atoms in total. The molecule has 8 heteroatoms. The van der Waals surface area contributed by atoms with Crippen LogP contribution in [0.4, 0.5) is 18.0 Å². The fourth-order valence-electron chi connectivity index (χ4n) is 3.70. The number of alkyl halides is 3. The Morgan fingerprint density at radius 2 is 1.96 bits per heavy atom. The first-order chi connectivity index (χ1) is 13.4. The highest BCUT2D eigenvalue weighted by molar-refractivity contribution is 5.81. The summed E-state index contributed by atoms with van der Waals surface area (Å²) in [6.45, 7) is 1.15. The van der Waals surface area contributed by atoms with Crippen LogP contribution in [0.15, 0.2) is 42.1 Å². The summed E-state index contributed by atoms with van der Waals surface area (Å²) in [5.41, 5.74) is 2.35. The van der Waals surface area contributed by atoms with E-state index in [9.17, 15) is 18.0 Å². The average Bonchev–Trinajstić information content (AvgIpc) is 2.97. The number of carbonyl (C=O) groups excluding carboxylic acids is 1. The third-order valence-electron chi connectivity index (χ3n) is 5.04. The Morgan fingerprint density at radius 3 is 2.64 bits per heavy atom. The van der Waals surface area contributed by atoms with Crippen LogP contribution in [0.2, 0.25) is 0 Å². The van der Waals surface area contributed by atoms with Crippen molar-refractivity contribution in [2.45, 2.75) is 44.3 Å². The van der Waals surface area contributed by atoms with E-state index in [1.54, 1.807) is 17.0 Å². The Labute approximate surface area is 160 Å². The van der Waals surface area contributed by atoms with Gasteiger partial charge in [-0.25, -0.2) is 4.79 Å². The zero-order valence-corrected chi connectivity index (χ0v) is 15.1. The van der Waals surface area contributed by atoms with Crippen molar-refractivity contribution in [2.24, 2.45) is 0 Å². The van der Waals surface area contributed by atoms with Gasteiger partial charge in [0.2, 0.25) is 0 Å². The van der Waals surface area contributed by atoms with Crippen LogP contribution < -0.4 is 4.74 Å². The van der Waals surface area contributed by atoms with Gasteiger partial charge in [-0.15, -0.1) is 13.2 Å². The molecule has 4 rings (SSSR count). The minimum atomic E-state index is -4.72. The summed E-state index contributed by atoms with van der Waals surface area (Å²) < 4.78 is 52.0. The number of ether oxygens (including phenoxy) is 3. The second-order valence-electron chi connectivity index (χ2n) is 7.01.